The number of carbonyl (C=O) groups excluding carboxylic acids is 1. The van der Waals surface area contributed by atoms with E-state index >= 15 is 0 Å². The fraction of sp³-hybridized carbons (Fsp3) is 0.971. The van der Waals surface area contributed by atoms with E-state index in [-0.39, 0.29) is 25.1 Å². The molecule has 15 atom stereocenters. The van der Waals surface area contributed by atoms with Gasteiger partial charge in [0.1, 0.15) is 23.9 Å². The van der Waals surface area contributed by atoms with Crippen molar-refractivity contribution in [1.29, 1.82) is 0 Å². The molecular weight excluding hydrogens is 564 g/mol. The highest BCUT2D eigenvalue weighted by Gasteiger charge is 2.60. The van der Waals surface area contributed by atoms with Gasteiger partial charge in [-0.25, -0.2) is 0 Å². The Morgan fingerprint density at radius 1 is 0.977 bits per heavy atom. The van der Waals surface area contributed by atoms with E-state index in [1.54, 1.807) is 6.92 Å². The first-order chi connectivity index (χ1) is 20.8. The maximum Gasteiger partial charge on any atom is 0.305 e. The highest BCUT2D eigenvalue weighted by Crippen LogP contribution is 2.68. The van der Waals surface area contributed by atoms with Gasteiger partial charge in [0.25, 0.3) is 0 Å². The SMILES string of the molecule is COC(=O)CC[C@@H](C)[C@H]1CC[C@H]2[C@@H]3CC[C@@H]4C[C@H](OCC(O)(CO)C[C@@H]5O[C@@H](C)[C@@H](O)[C@@H](O)[C@@H]5O)CC[C@]4(C)[C@H]3CC[C@]12C. The minimum Gasteiger partial charge on any atom is -0.469 e. The summed E-state index contributed by atoms with van der Waals surface area (Å²) in [6.07, 6.45) is 6.39. The van der Waals surface area contributed by atoms with Crippen LogP contribution in [0.25, 0.3) is 0 Å². The van der Waals surface area contributed by atoms with Gasteiger partial charge in [0.15, 0.2) is 0 Å². The Morgan fingerprint density at radius 2 is 1.68 bits per heavy atom. The summed E-state index contributed by atoms with van der Waals surface area (Å²) in [5, 5.41) is 51.9. The van der Waals surface area contributed by atoms with Crippen molar-refractivity contribution in [3.05, 3.63) is 0 Å². The summed E-state index contributed by atoms with van der Waals surface area (Å²) in [6, 6.07) is 0. The van der Waals surface area contributed by atoms with Crippen molar-refractivity contribution in [2.24, 2.45) is 46.3 Å². The van der Waals surface area contributed by atoms with E-state index in [0.29, 0.717) is 35.0 Å². The van der Waals surface area contributed by atoms with E-state index in [9.17, 15) is 30.3 Å². The molecule has 1 unspecified atom stereocenters. The molecule has 5 N–H and O–H groups in total. The second-order valence-corrected chi connectivity index (χ2v) is 16.1. The minimum absolute atomic E-state index is 0.00612. The largest absolute Gasteiger partial charge is 0.469 e. The van der Waals surface area contributed by atoms with Crippen LogP contribution in [0.1, 0.15) is 105 Å². The molecule has 4 saturated carbocycles. The quantitative estimate of drug-likeness (QED) is 0.230. The van der Waals surface area contributed by atoms with Gasteiger partial charge in [-0.3, -0.25) is 4.79 Å². The zero-order valence-electron chi connectivity index (χ0n) is 27.7. The topological polar surface area (TPSA) is 146 Å². The lowest BCUT2D eigenvalue weighted by molar-refractivity contribution is -0.234. The Bertz CT molecular complexity index is 993. The molecule has 5 fully saturated rings. The van der Waals surface area contributed by atoms with Crippen LogP contribution in [0.5, 0.6) is 0 Å². The normalized spacial score (nSPS) is 47.5. The van der Waals surface area contributed by atoms with Crippen LogP contribution in [0.15, 0.2) is 0 Å². The summed E-state index contributed by atoms with van der Waals surface area (Å²) in [7, 11) is 1.48. The minimum atomic E-state index is -1.62. The number of aliphatic hydroxyl groups excluding tert-OH is 4. The van der Waals surface area contributed by atoms with Crippen LogP contribution in [-0.4, -0.2) is 94.1 Å². The van der Waals surface area contributed by atoms with Crippen LogP contribution < -0.4 is 0 Å². The van der Waals surface area contributed by atoms with Crippen molar-refractivity contribution in [3.63, 3.8) is 0 Å². The molecule has 0 spiro atoms. The molecule has 5 rings (SSSR count). The fourth-order valence-corrected chi connectivity index (χ4v) is 11.1. The van der Waals surface area contributed by atoms with Gasteiger partial charge in [-0.15, -0.1) is 0 Å². The summed E-state index contributed by atoms with van der Waals surface area (Å²) >= 11 is 0. The van der Waals surface area contributed by atoms with Crippen LogP contribution in [0.2, 0.25) is 0 Å². The van der Waals surface area contributed by atoms with Crippen molar-refractivity contribution in [2.45, 2.75) is 147 Å². The Kier molecular flexibility index (Phi) is 10.5. The molecule has 9 heteroatoms. The summed E-state index contributed by atoms with van der Waals surface area (Å²) < 4.78 is 16.9. The first-order valence-electron chi connectivity index (χ1n) is 17.5. The van der Waals surface area contributed by atoms with Crippen molar-refractivity contribution in [2.75, 3.05) is 20.3 Å². The number of methoxy groups -OCH3 is 1. The van der Waals surface area contributed by atoms with Gasteiger partial charge in [0.05, 0.1) is 38.6 Å². The maximum atomic E-state index is 11.8. The highest BCUT2D eigenvalue weighted by atomic mass is 16.5. The summed E-state index contributed by atoms with van der Waals surface area (Å²) in [6.45, 7) is 8.43. The first kappa shape index (κ1) is 34.5. The lowest BCUT2D eigenvalue weighted by atomic mass is 9.44. The molecule has 1 heterocycles. The summed E-state index contributed by atoms with van der Waals surface area (Å²) in [5.74, 6) is 3.94. The summed E-state index contributed by atoms with van der Waals surface area (Å²) in [5.41, 5.74) is -0.970. The number of fused-ring (bicyclic) bond motifs is 5. The average Bonchev–Trinajstić information content (AvgIpc) is 3.37. The molecule has 0 aromatic rings. The van der Waals surface area contributed by atoms with Gasteiger partial charge in [0, 0.05) is 12.8 Å². The molecule has 0 amide bonds. The van der Waals surface area contributed by atoms with Crippen LogP contribution in [0.3, 0.4) is 0 Å². The molecule has 4 aliphatic carbocycles. The third kappa shape index (κ3) is 6.37. The van der Waals surface area contributed by atoms with Gasteiger partial charge >= 0.3 is 5.97 Å². The number of esters is 1. The lowest BCUT2D eigenvalue weighted by Crippen LogP contribution is -2.59. The van der Waals surface area contributed by atoms with E-state index < -0.39 is 42.7 Å². The predicted molar refractivity (Wildman–Crippen MR) is 164 cm³/mol. The Hall–Kier alpha value is -0.810. The van der Waals surface area contributed by atoms with Crippen LogP contribution >= 0.6 is 0 Å². The van der Waals surface area contributed by atoms with Crippen LogP contribution in [0, 0.1) is 46.3 Å². The van der Waals surface area contributed by atoms with Gasteiger partial charge in [-0.2, -0.15) is 0 Å². The molecular formula is C35H60O9. The number of hydrogen-bond donors (Lipinski definition) is 5. The standard InChI is InChI=1S/C35H60O9/c1-20(6-11-29(37)42-5)25-9-10-26-24-8-7-22-16-23(12-14-33(22,3)27(24)13-15-34(25,26)4)43-19-35(41,18-36)17-28-31(39)32(40)30(38)21(2)44-28/h20-28,30-32,36,38-41H,6-19H2,1-5H3/t20-,21+,22-,23-,24+,25-,26+,27+,28+,30-,31-,32-,33+,34-,35?/m1/s1. The molecule has 0 aromatic heterocycles. The number of hydrogen-bond acceptors (Lipinski definition) is 9. The third-order valence-electron chi connectivity index (χ3n) is 13.8. The first-order valence-corrected chi connectivity index (χ1v) is 17.5. The van der Waals surface area contributed by atoms with E-state index in [0.717, 1.165) is 43.4 Å². The maximum absolute atomic E-state index is 11.8. The van der Waals surface area contributed by atoms with E-state index in [1.807, 2.05) is 0 Å². The zero-order chi connectivity index (χ0) is 32.0. The van der Waals surface area contributed by atoms with Crippen molar-refractivity contribution in [1.82, 2.24) is 0 Å². The monoisotopic (exact) mass is 624 g/mol. The molecule has 1 aliphatic heterocycles. The Morgan fingerprint density at radius 3 is 2.39 bits per heavy atom. The molecule has 0 bridgehead atoms. The van der Waals surface area contributed by atoms with Gasteiger partial charge in [-0.1, -0.05) is 20.8 Å². The van der Waals surface area contributed by atoms with E-state index in [4.69, 9.17) is 14.2 Å². The van der Waals surface area contributed by atoms with Gasteiger partial charge in [0.2, 0.25) is 0 Å². The van der Waals surface area contributed by atoms with E-state index in [2.05, 4.69) is 20.8 Å². The molecule has 0 aromatic carbocycles. The van der Waals surface area contributed by atoms with Crippen molar-refractivity contribution < 1.29 is 44.5 Å². The predicted octanol–water partition coefficient (Wildman–Crippen LogP) is 3.60. The fourth-order valence-electron chi connectivity index (χ4n) is 11.1. The van der Waals surface area contributed by atoms with Crippen LogP contribution in [-0.2, 0) is 19.0 Å². The van der Waals surface area contributed by atoms with Crippen molar-refractivity contribution in [3.8, 4) is 0 Å². The van der Waals surface area contributed by atoms with Crippen molar-refractivity contribution >= 4 is 5.97 Å². The van der Waals surface area contributed by atoms with Crippen LogP contribution in [0.4, 0.5) is 0 Å². The number of rotatable bonds is 10. The Balaban J connectivity index is 1.17. The Labute approximate surface area is 264 Å². The molecule has 0 radical (unpaired) electrons. The number of ether oxygens (including phenoxy) is 3. The highest BCUT2D eigenvalue weighted by molar-refractivity contribution is 5.69. The zero-order valence-corrected chi connectivity index (χ0v) is 27.7. The third-order valence-corrected chi connectivity index (χ3v) is 13.8. The molecule has 44 heavy (non-hydrogen) atoms. The lowest BCUT2D eigenvalue weighted by Gasteiger charge is -2.61. The molecule has 1 saturated heterocycles. The van der Waals surface area contributed by atoms with Gasteiger partial charge in [-0.05, 0) is 117 Å². The second kappa shape index (κ2) is 13.4. The molecule has 5 aliphatic rings. The average molecular weight is 625 g/mol. The summed E-state index contributed by atoms with van der Waals surface area (Å²) in [4.78, 5) is 11.8. The van der Waals surface area contributed by atoms with E-state index in [1.165, 1.54) is 45.6 Å². The second-order valence-electron chi connectivity index (χ2n) is 16.1. The molecule has 9 nitrogen and oxygen atoms in total. The number of carbonyl (C=O) groups is 1. The number of aliphatic hydroxyl groups is 5. The molecule has 254 valence electrons. The smallest absolute Gasteiger partial charge is 0.305 e. The van der Waals surface area contributed by atoms with Gasteiger partial charge < -0.3 is 39.7 Å².